The Labute approximate surface area is 91.3 Å². The van der Waals surface area contributed by atoms with E-state index in [2.05, 4.69) is 29.1 Å². The number of hydrogen-bond acceptors (Lipinski definition) is 3. The first-order chi connectivity index (χ1) is 7.20. The number of likely N-dealkylation sites (N-methyl/N-ethyl adjacent to an activating group) is 1. The minimum Gasteiger partial charge on any atom is -0.317 e. The van der Waals surface area contributed by atoms with Crippen molar-refractivity contribution in [3.05, 3.63) is 22.8 Å². The van der Waals surface area contributed by atoms with Gasteiger partial charge in [-0.2, -0.15) is 0 Å². The zero-order valence-electron chi connectivity index (χ0n) is 9.80. The third kappa shape index (κ3) is 2.17. The largest absolute Gasteiger partial charge is 0.317 e. The molecular weight excluding hydrogens is 186 g/mol. The third-order valence-corrected chi connectivity index (χ3v) is 3.17. The monoisotopic (exact) mass is 205 g/mol. The Morgan fingerprint density at radius 3 is 2.87 bits per heavy atom. The molecule has 82 valence electrons. The van der Waals surface area contributed by atoms with Gasteiger partial charge in [-0.25, -0.2) is 9.97 Å². The van der Waals surface area contributed by atoms with Crippen LogP contribution in [0.4, 0.5) is 0 Å². The molecule has 0 bridgehead atoms. The van der Waals surface area contributed by atoms with Crippen LogP contribution in [0, 0.1) is 6.92 Å². The Hall–Kier alpha value is -0.960. The first kappa shape index (κ1) is 10.6. The topological polar surface area (TPSA) is 37.8 Å². The van der Waals surface area contributed by atoms with E-state index < -0.39 is 0 Å². The summed E-state index contributed by atoms with van der Waals surface area (Å²) in [5.74, 6) is 0.995. The smallest absolute Gasteiger partial charge is 0.130 e. The van der Waals surface area contributed by atoms with Crippen molar-refractivity contribution in [2.75, 3.05) is 7.05 Å². The SMILES string of the molecule is CNC(C)Cc1nc(C)c2c(n1)CCC2. The predicted octanol–water partition coefficient (Wildman–Crippen LogP) is 1.42. The average molecular weight is 205 g/mol. The number of nitrogens with one attached hydrogen (secondary N) is 1. The van der Waals surface area contributed by atoms with Gasteiger partial charge >= 0.3 is 0 Å². The number of fused-ring (bicyclic) bond motifs is 1. The minimum absolute atomic E-state index is 0.448. The van der Waals surface area contributed by atoms with Gasteiger partial charge < -0.3 is 5.32 Å². The number of rotatable bonds is 3. The molecule has 1 aliphatic rings. The number of nitrogens with zero attached hydrogens (tertiary/aromatic N) is 2. The maximum atomic E-state index is 4.65. The summed E-state index contributed by atoms with van der Waals surface area (Å²) < 4.78 is 0. The van der Waals surface area contributed by atoms with Gasteiger partial charge in [0.15, 0.2) is 0 Å². The van der Waals surface area contributed by atoms with Gasteiger partial charge in [-0.3, -0.25) is 0 Å². The maximum absolute atomic E-state index is 4.65. The average Bonchev–Trinajstić information content (AvgIpc) is 2.66. The van der Waals surface area contributed by atoms with Crippen LogP contribution in [0.1, 0.15) is 36.1 Å². The molecule has 0 radical (unpaired) electrons. The quantitative estimate of drug-likeness (QED) is 0.811. The van der Waals surface area contributed by atoms with E-state index in [1.54, 1.807) is 0 Å². The molecule has 0 saturated carbocycles. The summed E-state index contributed by atoms with van der Waals surface area (Å²) >= 11 is 0. The second-order valence-electron chi connectivity index (χ2n) is 4.40. The lowest BCUT2D eigenvalue weighted by molar-refractivity contribution is 0.588. The highest BCUT2D eigenvalue weighted by Crippen LogP contribution is 2.22. The molecule has 1 aromatic rings. The molecule has 0 aromatic carbocycles. The van der Waals surface area contributed by atoms with Crippen molar-refractivity contribution in [2.24, 2.45) is 0 Å². The molecule has 1 heterocycles. The molecule has 1 N–H and O–H groups in total. The van der Waals surface area contributed by atoms with Gasteiger partial charge in [0.2, 0.25) is 0 Å². The van der Waals surface area contributed by atoms with Crippen LogP contribution >= 0.6 is 0 Å². The molecule has 1 unspecified atom stereocenters. The second kappa shape index (κ2) is 4.27. The van der Waals surface area contributed by atoms with Crippen LogP contribution in [-0.4, -0.2) is 23.1 Å². The van der Waals surface area contributed by atoms with Gasteiger partial charge in [-0.15, -0.1) is 0 Å². The van der Waals surface area contributed by atoms with Gasteiger partial charge in [0.05, 0.1) is 0 Å². The van der Waals surface area contributed by atoms with Crippen molar-refractivity contribution in [2.45, 2.75) is 45.6 Å². The van der Waals surface area contributed by atoms with Crippen LogP contribution < -0.4 is 5.32 Å². The summed E-state index contributed by atoms with van der Waals surface area (Å²) in [4.78, 5) is 9.23. The molecule has 3 heteroatoms. The Morgan fingerprint density at radius 1 is 1.33 bits per heavy atom. The fourth-order valence-electron chi connectivity index (χ4n) is 2.15. The summed E-state index contributed by atoms with van der Waals surface area (Å²) in [6.07, 6.45) is 4.48. The molecule has 0 amide bonds. The number of hydrogen-bond donors (Lipinski definition) is 1. The van der Waals surface area contributed by atoms with Crippen LogP contribution in [0.2, 0.25) is 0 Å². The van der Waals surface area contributed by atoms with Crippen LogP contribution in [0.5, 0.6) is 0 Å². The van der Waals surface area contributed by atoms with E-state index in [1.807, 2.05) is 7.05 Å². The first-order valence-corrected chi connectivity index (χ1v) is 5.73. The zero-order chi connectivity index (χ0) is 10.8. The second-order valence-corrected chi connectivity index (χ2v) is 4.40. The Morgan fingerprint density at radius 2 is 2.13 bits per heavy atom. The zero-order valence-corrected chi connectivity index (χ0v) is 9.80. The molecule has 15 heavy (non-hydrogen) atoms. The maximum Gasteiger partial charge on any atom is 0.130 e. The molecular formula is C12H19N3. The molecule has 0 fully saturated rings. The highest BCUT2D eigenvalue weighted by Gasteiger charge is 2.17. The molecule has 0 saturated heterocycles. The minimum atomic E-state index is 0.448. The molecule has 0 aliphatic heterocycles. The van der Waals surface area contributed by atoms with Crippen molar-refractivity contribution in [1.82, 2.24) is 15.3 Å². The molecule has 1 aliphatic carbocycles. The molecule has 1 atom stereocenters. The lowest BCUT2D eigenvalue weighted by Crippen LogP contribution is -2.25. The van der Waals surface area contributed by atoms with Crippen molar-refractivity contribution in [3.63, 3.8) is 0 Å². The molecule has 3 nitrogen and oxygen atoms in total. The van der Waals surface area contributed by atoms with Gasteiger partial charge in [0.25, 0.3) is 0 Å². The lowest BCUT2D eigenvalue weighted by Gasteiger charge is -2.11. The van der Waals surface area contributed by atoms with Crippen molar-refractivity contribution < 1.29 is 0 Å². The fraction of sp³-hybridized carbons (Fsp3) is 0.667. The van der Waals surface area contributed by atoms with E-state index in [0.717, 1.165) is 18.7 Å². The van der Waals surface area contributed by atoms with E-state index in [9.17, 15) is 0 Å². The van der Waals surface area contributed by atoms with Crippen LogP contribution in [0.25, 0.3) is 0 Å². The Bertz CT molecular complexity index is 360. The van der Waals surface area contributed by atoms with E-state index in [4.69, 9.17) is 0 Å². The highest BCUT2D eigenvalue weighted by molar-refractivity contribution is 5.29. The highest BCUT2D eigenvalue weighted by atomic mass is 14.9. The summed E-state index contributed by atoms with van der Waals surface area (Å²) in [5, 5.41) is 3.22. The van der Waals surface area contributed by atoms with E-state index >= 15 is 0 Å². The van der Waals surface area contributed by atoms with Crippen molar-refractivity contribution >= 4 is 0 Å². The standard InChI is InChI=1S/C12H19N3/c1-8(13-3)7-12-14-9(2)10-5-4-6-11(10)15-12/h8,13H,4-7H2,1-3H3. The van der Waals surface area contributed by atoms with E-state index in [-0.39, 0.29) is 0 Å². The number of aromatic nitrogens is 2. The summed E-state index contributed by atoms with van der Waals surface area (Å²) in [5.41, 5.74) is 3.88. The molecule has 1 aromatic heterocycles. The van der Waals surface area contributed by atoms with Crippen LogP contribution in [-0.2, 0) is 19.3 Å². The predicted molar refractivity (Wildman–Crippen MR) is 61.0 cm³/mol. The third-order valence-electron chi connectivity index (χ3n) is 3.17. The van der Waals surface area contributed by atoms with Gasteiger partial charge in [-0.1, -0.05) is 0 Å². The van der Waals surface area contributed by atoms with Crippen molar-refractivity contribution in [1.29, 1.82) is 0 Å². The van der Waals surface area contributed by atoms with Gasteiger partial charge in [0.1, 0.15) is 5.82 Å². The Balaban J connectivity index is 2.23. The van der Waals surface area contributed by atoms with E-state index in [0.29, 0.717) is 6.04 Å². The van der Waals surface area contributed by atoms with Crippen molar-refractivity contribution in [3.8, 4) is 0 Å². The first-order valence-electron chi connectivity index (χ1n) is 5.73. The van der Waals surface area contributed by atoms with Crippen LogP contribution in [0.15, 0.2) is 0 Å². The van der Waals surface area contributed by atoms with Crippen LogP contribution in [0.3, 0.4) is 0 Å². The van der Waals surface area contributed by atoms with E-state index in [1.165, 1.54) is 29.8 Å². The number of aryl methyl sites for hydroxylation is 2. The summed E-state index contributed by atoms with van der Waals surface area (Å²) in [6.45, 7) is 4.27. The van der Waals surface area contributed by atoms with Gasteiger partial charge in [-0.05, 0) is 45.7 Å². The van der Waals surface area contributed by atoms with Gasteiger partial charge in [0, 0.05) is 23.9 Å². The normalized spacial score (nSPS) is 16.5. The molecule has 0 spiro atoms. The summed E-state index contributed by atoms with van der Waals surface area (Å²) in [7, 11) is 1.98. The lowest BCUT2D eigenvalue weighted by atomic mass is 10.1. The fourth-order valence-corrected chi connectivity index (χ4v) is 2.15. The molecule has 2 rings (SSSR count). The summed E-state index contributed by atoms with van der Waals surface area (Å²) in [6, 6.07) is 0.448. The Kier molecular flexibility index (Phi) is 3.00.